The minimum atomic E-state index is -1.89. The number of aliphatic hydroxyl groups is 10. The Morgan fingerprint density at radius 2 is 1.35 bits per heavy atom. The Kier molecular flexibility index (Phi) is 14.7. The zero-order valence-electron chi connectivity index (χ0n) is 41.1. The number of hydrogen-bond donors (Lipinski definition) is 10. The molecule has 0 radical (unpaired) electrons. The first-order chi connectivity index (χ1) is 32.3. The first-order valence-electron chi connectivity index (χ1n) is 24.8. The second-order valence-corrected chi connectivity index (χ2v) is 23.2. The molecular weight excluding hydrogens is 909 g/mol. The van der Waals surface area contributed by atoms with Crippen molar-refractivity contribution in [2.75, 3.05) is 34.0 Å². The third kappa shape index (κ3) is 8.26. The van der Waals surface area contributed by atoms with Crippen molar-refractivity contribution in [3.8, 4) is 0 Å². The standard InChI is InChI=1S/C49H78O20/c1-44(43(61)63-8)17-23-22-9-10-27-46(3)13-12-28(66-42-38(34(57)33(56)37(68-42)39(60)62-7)69-41-36(59)32(55)31(54)25(19-50)65-41)47(4,21-51)26(46)11-14-49(27,6)48(22,5)16-15-45(23,2)29(18-44)67-40-35(58)30(53)24(52)20-64-40/h9,23-38,40-42,50-59H,10-21H2,1-8H3/t23-,24-,25+,26?,27+,28-,29+,30-,31-,32-,33-,34-,35+,36+,37-,38+,40-,41-,42+,44-,45+,46-,47+,48+,49+/m0/s1. The van der Waals surface area contributed by atoms with E-state index in [1.54, 1.807) is 0 Å². The van der Waals surface area contributed by atoms with Crippen LogP contribution >= 0.6 is 0 Å². The van der Waals surface area contributed by atoms with Gasteiger partial charge < -0.3 is 89.0 Å². The van der Waals surface area contributed by atoms with Gasteiger partial charge in [-0.1, -0.05) is 46.3 Å². The van der Waals surface area contributed by atoms with Gasteiger partial charge in [-0.3, -0.25) is 4.79 Å². The second-order valence-electron chi connectivity index (χ2n) is 23.2. The minimum Gasteiger partial charge on any atom is -0.469 e. The van der Waals surface area contributed by atoms with Crippen molar-refractivity contribution in [2.24, 2.45) is 50.2 Å². The van der Waals surface area contributed by atoms with E-state index in [0.29, 0.717) is 38.5 Å². The first-order valence-corrected chi connectivity index (χ1v) is 24.8. The lowest BCUT2D eigenvalue weighted by atomic mass is 9.33. The van der Waals surface area contributed by atoms with Crippen LogP contribution in [0.15, 0.2) is 11.6 Å². The van der Waals surface area contributed by atoms with Crippen molar-refractivity contribution >= 4 is 11.9 Å². The molecule has 5 aliphatic carbocycles. The van der Waals surface area contributed by atoms with Gasteiger partial charge in [0.05, 0.1) is 51.7 Å². The fourth-order valence-electron chi connectivity index (χ4n) is 15.3. The van der Waals surface area contributed by atoms with Gasteiger partial charge in [0, 0.05) is 10.8 Å². The Hall–Kier alpha value is -1.96. The Labute approximate surface area is 403 Å². The monoisotopic (exact) mass is 987 g/mol. The Morgan fingerprint density at radius 3 is 2.00 bits per heavy atom. The number of carbonyl (C=O) groups excluding carboxylic acids is 2. The number of rotatable bonds is 10. The SMILES string of the molecule is COC(=O)[C@H]1O[C@@H](O[C@H]2CC[C@@]3(C)C(CC[C@]4(C)[C@@H]3CC=C3[C@@H]5C[C@](C)(C(=O)OC)C[C@@H](O[C@@H]6OC[C@H](O)[C@H](O)[C@H]6O)[C@]5(C)CC[C@]34C)[C@@]2(C)CO)[C@H](O[C@@H]2O[C@H](CO)[C@H](O)[C@H](O)[C@H]2O)[C@@H](O)[C@@H]1O. The lowest BCUT2D eigenvalue weighted by molar-refractivity contribution is -0.375. The highest BCUT2D eigenvalue weighted by Crippen LogP contribution is 2.76. The molecule has 3 heterocycles. The highest BCUT2D eigenvalue weighted by molar-refractivity contribution is 5.77. The van der Waals surface area contributed by atoms with Crippen LogP contribution in [0.4, 0.5) is 0 Å². The van der Waals surface area contributed by atoms with Gasteiger partial charge in [-0.05, 0) is 98.7 Å². The largest absolute Gasteiger partial charge is 0.469 e. The normalized spacial score (nSPS) is 54.2. The van der Waals surface area contributed by atoms with Gasteiger partial charge in [-0.25, -0.2) is 4.79 Å². The average Bonchev–Trinajstić information content (AvgIpc) is 3.32. The van der Waals surface area contributed by atoms with Crippen LogP contribution in [-0.4, -0.2) is 195 Å². The number of aliphatic hydroxyl groups excluding tert-OH is 10. The number of esters is 2. The van der Waals surface area contributed by atoms with Crippen LogP contribution in [0.2, 0.25) is 0 Å². The second kappa shape index (κ2) is 19.1. The molecule has 3 saturated heterocycles. The van der Waals surface area contributed by atoms with Crippen molar-refractivity contribution in [3.63, 3.8) is 0 Å². The van der Waals surface area contributed by atoms with Crippen molar-refractivity contribution < 1.29 is 98.5 Å². The molecule has 0 aromatic carbocycles. The summed E-state index contributed by atoms with van der Waals surface area (Å²) in [5.74, 6) is -1.48. The molecule has 3 aliphatic heterocycles. The molecule has 0 aromatic rings. The number of ether oxygens (including phenoxy) is 8. The molecule has 8 aliphatic rings. The van der Waals surface area contributed by atoms with E-state index in [9.17, 15) is 60.7 Å². The van der Waals surface area contributed by atoms with Gasteiger partial charge in [-0.2, -0.15) is 0 Å². The molecule has 0 spiro atoms. The van der Waals surface area contributed by atoms with E-state index in [0.717, 1.165) is 26.4 Å². The molecule has 69 heavy (non-hydrogen) atoms. The van der Waals surface area contributed by atoms with Gasteiger partial charge in [-0.15, -0.1) is 0 Å². The van der Waals surface area contributed by atoms with Gasteiger partial charge in [0.25, 0.3) is 0 Å². The summed E-state index contributed by atoms with van der Waals surface area (Å²) in [5, 5.41) is 107. The predicted octanol–water partition coefficient (Wildman–Crippen LogP) is -0.442. The summed E-state index contributed by atoms with van der Waals surface area (Å²) >= 11 is 0. The number of methoxy groups -OCH3 is 2. The maximum atomic E-state index is 13.7. The van der Waals surface area contributed by atoms with Crippen LogP contribution in [-0.2, 0) is 47.5 Å². The smallest absolute Gasteiger partial charge is 0.337 e. The van der Waals surface area contributed by atoms with Crippen molar-refractivity contribution in [1.82, 2.24) is 0 Å². The lowest BCUT2D eigenvalue weighted by Gasteiger charge is -2.72. The first kappa shape index (κ1) is 53.3. The highest BCUT2D eigenvalue weighted by atomic mass is 16.8. The van der Waals surface area contributed by atoms with E-state index < -0.39 is 127 Å². The summed E-state index contributed by atoms with van der Waals surface area (Å²) in [6.07, 6.45) is -16.1. The molecule has 4 saturated carbocycles. The Morgan fingerprint density at radius 1 is 0.667 bits per heavy atom. The third-order valence-corrected chi connectivity index (χ3v) is 19.8. The van der Waals surface area contributed by atoms with Crippen LogP contribution in [0.25, 0.3) is 0 Å². The van der Waals surface area contributed by atoms with E-state index in [1.807, 2.05) is 13.8 Å². The van der Waals surface area contributed by atoms with E-state index >= 15 is 0 Å². The van der Waals surface area contributed by atoms with Crippen molar-refractivity contribution in [2.45, 2.75) is 198 Å². The maximum absolute atomic E-state index is 13.7. The van der Waals surface area contributed by atoms with Crippen LogP contribution in [0, 0.1) is 50.2 Å². The molecule has 10 N–H and O–H groups in total. The average molecular weight is 987 g/mol. The third-order valence-electron chi connectivity index (χ3n) is 19.8. The Bertz CT molecular complexity index is 1920. The molecule has 20 nitrogen and oxygen atoms in total. The Balaban J connectivity index is 1.08. The van der Waals surface area contributed by atoms with Crippen LogP contribution in [0.1, 0.15) is 99.3 Å². The number of allylic oxidation sites excluding steroid dienone is 2. The molecule has 394 valence electrons. The molecule has 0 aromatic heterocycles. The fourth-order valence-corrected chi connectivity index (χ4v) is 15.3. The maximum Gasteiger partial charge on any atom is 0.337 e. The topological polar surface area (TPSA) is 310 Å². The number of fused-ring (bicyclic) bond motifs is 7. The predicted molar refractivity (Wildman–Crippen MR) is 237 cm³/mol. The van der Waals surface area contributed by atoms with Gasteiger partial charge in [0.2, 0.25) is 0 Å². The van der Waals surface area contributed by atoms with Crippen molar-refractivity contribution in [1.29, 1.82) is 0 Å². The molecule has 20 heteroatoms. The quantitative estimate of drug-likeness (QED) is 0.0754. The summed E-state index contributed by atoms with van der Waals surface area (Å²) in [6, 6.07) is 0. The highest BCUT2D eigenvalue weighted by Gasteiger charge is 2.71. The zero-order chi connectivity index (χ0) is 50.6. The lowest BCUT2D eigenvalue weighted by Crippen LogP contribution is -2.68. The van der Waals surface area contributed by atoms with E-state index in [4.69, 9.17) is 37.9 Å². The minimum absolute atomic E-state index is 0.120. The van der Waals surface area contributed by atoms with Gasteiger partial charge >= 0.3 is 11.9 Å². The number of carbonyl (C=O) groups is 2. The summed E-state index contributed by atoms with van der Waals surface area (Å²) in [7, 11) is 2.47. The molecule has 1 unspecified atom stereocenters. The van der Waals surface area contributed by atoms with E-state index in [-0.39, 0.29) is 53.2 Å². The van der Waals surface area contributed by atoms with Gasteiger partial charge in [0.15, 0.2) is 25.0 Å². The summed E-state index contributed by atoms with van der Waals surface area (Å²) < 4.78 is 47.0. The van der Waals surface area contributed by atoms with E-state index in [2.05, 4.69) is 33.8 Å². The van der Waals surface area contributed by atoms with Crippen LogP contribution < -0.4 is 0 Å². The molecule has 0 bridgehead atoms. The van der Waals surface area contributed by atoms with E-state index in [1.165, 1.54) is 12.7 Å². The summed E-state index contributed by atoms with van der Waals surface area (Å²) in [4.78, 5) is 26.6. The molecule has 25 atom stereocenters. The molecular formula is C49H78O20. The summed E-state index contributed by atoms with van der Waals surface area (Å²) in [6.45, 7) is 11.8. The molecule has 8 rings (SSSR count). The molecule has 0 amide bonds. The zero-order valence-corrected chi connectivity index (χ0v) is 41.1. The van der Waals surface area contributed by atoms with Crippen molar-refractivity contribution in [3.05, 3.63) is 11.6 Å². The summed E-state index contributed by atoms with van der Waals surface area (Å²) in [5.41, 5.74) is -2.05. The fraction of sp³-hybridized carbons (Fsp3) is 0.918. The van der Waals surface area contributed by atoms with Crippen LogP contribution in [0.5, 0.6) is 0 Å². The molecule has 7 fully saturated rings. The van der Waals surface area contributed by atoms with Gasteiger partial charge in [0.1, 0.15) is 61.0 Å². The van der Waals surface area contributed by atoms with Crippen LogP contribution in [0.3, 0.4) is 0 Å². The number of hydrogen-bond acceptors (Lipinski definition) is 20.